The first-order chi connectivity index (χ1) is 8.88. The van der Waals surface area contributed by atoms with E-state index in [2.05, 4.69) is 23.9 Å². The molecule has 0 fully saturated rings. The summed E-state index contributed by atoms with van der Waals surface area (Å²) in [6.07, 6.45) is 0.785. The van der Waals surface area contributed by atoms with Crippen LogP contribution in [0.3, 0.4) is 0 Å². The van der Waals surface area contributed by atoms with E-state index in [0.29, 0.717) is 24.0 Å². The van der Waals surface area contributed by atoms with Gasteiger partial charge in [-0.1, -0.05) is 32.9 Å². The lowest BCUT2D eigenvalue weighted by Crippen LogP contribution is -2.26. The van der Waals surface area contributed by atoms with Crippen LogP contribution in [0.25, 0.3) is 0 Å². The third-order valence-electron chi connectivity index (χ3n) is 2.93. The number of rotatable bonds is 7. The molecule has 0 aliphatic rings. The number of benzene rings is 1. The van der Waals surface area contributed by atoms with Crippen LogP contribution in [-0.2, 0) is 16.6 Å². The van der Waals surface area contributed by atoms with Gasteiger partial charge < -0.3 is 5.32 Å². The van der Waals surface area contributed by atoms with Crippen LogP contribution >= 0.6 is 0 Å². The maximum absolute atomic E-state index is 12.2. The predicted molar refractivity (Wildman–Crippen MR) is 78.6 cm³/mol. The Hall–Kier alpha value is -0.910. The highest BCUT2D eigenvalue weighted by Crippen LogP contribution is 2.18. The molecule has 0 saturated carbocycles. The van der Waals surface area contributed by atoms with E-state index in [-0.39, 0.29) is 0 Å². The van der Waals surface area contributed by atoms with Crippen LogP contribution in [0.5, 0.6) is 0 Å². The van der Waals surface area contributed by atoms with Crippen molar-refractivity contribution in [2.45, 2.75) is 51.6 Å². The van der Waals surface area contributed by atoms with Crippen molar-refractivity contribution in [2.75, 3.05) is 6.54 Å². The van der Waals surface area contributed by atoms with Gasteiger partial charge in [0.1, 0.15) is 0 Å². The molecule has 5 heteroatoms. The van der Waals surface area contributed by atoms with Crippen LogP contribution in [0.2, 0.25) is 0 Å². The summed E-state index contributed by atoms with van der Waals surface area (Å²) < 4.78 is 27.0. The molecule has 0 aliphatic heterocycles. The van der Waals surface area contributed by atoms with Gasteiger partial charge >= 0.3 is 0 Å². The van der Waals surface area contributed by atoms with E-state index in [1.807, 2.05) is 19.9 Å². The lowest BCUT2D eigenvalue weighted by Gasteiger charge is -2.14. The second-order valence-electron chi connectivity index (χ2n) is 4.97. The van der Waals surface area contributed by atoms with Gasteiger partial charge in [0.15, 0.2) is 0 Å². The van der Waals surface area contributed by atoms with E-state index < -0.39 is 10.0 Å². The summed E-state index contributed by atoms with van der Waals surface area (Å²) in [6, 6.07) is 5.79. The summed E-state index contributed by atoms with van der Waals surface area (Å²) in [7, 11) is -3.39. The SMILES string of the molecule is CCCNS(=O)(=O)c1cccc(CNC(C)C)c1C. The first-order valence-electron chi connectivity index (χ1n) is 6.70. The summed E-state index contributed by atoms with van der Waals surface area (Å²) in [6.45, 7) is 9.09. The summed E-state index contributed by atoms with van der Waals surface area (Å²) in [5.41, 5.74) is 1.84. The van der Waals surface area contributed by atoms with Crippen molar-refractivity contribution in [1.29, 1.82) is 0 Å². The van der Waals surface area contributed by atoms with Crippen LogP contribution in [0, 0.1) is 6.92 Å². The fourth-order valence-electron chi connectivity index (χ4n) is 1.77. The fraction of sp³-hybridized carbons (Fsp3) is 0.571. The Balaban J connectivity index is 3.00. The first kappa shape index (κ1) is 16.1. The Kier molecular flexibility index (Phi) is 5.97. The smallest absolute Gasteiger partial charge is 0.240 e. The minimum Gasteiger partial charge on any atom is -0.310 e. The fourth-order valence-corrected chi connectivity index (χ4v) is 3.19. The van der Waals surface area contributed by atoms with Gasteiger partial charge in [0, 0.05) is 19.1 Å². The number of nitrogens with one attached hydrogen (secondary N) is 2. The van der Waals surface area contributed by atoms with E-state index in [0.717, 1.165) is 17.5 Å². The van der Waals surface area contributed by atoms with Crippen LogP contribution in [0.1, 0.15) is 38.3 Å². The molecule has 0 aromatic heterocycles. The maximum Gasteiger partial charge on any atom is 0.240 e. The van der Waals surface area contributed by atoms with Crippen LogP contribution in [-0.4, -0.2) is 21.0 Å². The molecule has 0 bridgehead atoms. The highest BCUT2D eigenvalue weighted by molar-refractivity contribution is 7.89. The van der Waals surface area contributed by atoms with Crippen molar-refractivity contribution < 1.29 is 8.42 Å². The second kappa shape index (κ2) is 7.03. The zero-order valence-electron chi connectivity index (χ0n) is 12.2. The summed E-state index contributed by atoms with van der Waals surface area (Å²) in [4.78, 5) is 0.379. The minimum atomic E-state index is -3.39. The molecule has 2 N–H and O–H groups in total. The van der Waals surface area contributed by atoms with Gasteiger partial charge in [0.25, 0.3) is 0 Å². The molecular formula is C14H24N2O2S. The number of hydrogen-bond acceptors (Lipinski definition) is 3. The molecule has 19 heavy (non-hydrogen) atoms. The Morgan fingerprint density at radius 1 is 1.26 bits per heavy atom. The molecule has 0 amide bonds. The van der Waals surface area contributed by atoms with Gasteiger partial charge in [-0.2, -0.15) is 0 Å². The highest BCUT2D eigenvalue weighted by atomic mass is 32.2. The summed E-state index contributed by atoms with van der Waals surface area (Å²) >= 11 is 0. The molecule has 0 radical (unpaired) electrons. The van der Waals surface area contributed by atoms with Crippen molar-refractivity contribution in [3.8, 4) is 0 Å². The van der Waals surface area contributed by atoms with Crippen molar-refractivity contribution in [3.05, 3.63) is 29.3 Å². The predicted octanol–water partition coefficient (Wildman–Crippen LogP) is 2.18. The standard InChI is InChI=1S/C14H24N2O2S/c1-5-9-16-19(17,18)14-8-6-7-13(12(14)4)10-15-11(2)3/h6-8,11,15-16H,5,9-10H2,1-4H3. The lowest BCUT2D eigenvalue weighted by molar-refractivity contribution is 0.577. The normalized spacial score (nSPS) is 12.1. The second-order valence-corrected chi connectivity index (χ2v) is 6.71. The van der Waals surface area contributed by atoms with E-state index >= 15 is 0 Å². The quantitative estimate of drug-likeness (QED) is 0.807. The molecule has 0 saturated heterocycles. The van der Waals surface area contributed by atoms with E-state index in [1.165, 1.54) is 0 Å². The Labute approximate surface area is 116 Å². The van der Waals surface area contributed by atoms with Crippen LogP contribution < -0.4 is 10.0 Å². The molecule has 1 rings (SSSR count). The molecule has 1 aromatic rings. The average Bonchev–Trinajstić information content (AvgIpc) is 2.35. The van der Waals surface area contributed by atoms with Crippen LogP contribution in [0.4, 0.5) is 0 Å². The van der Waals surface area contributed by atoms with Crippen molar-refractivity contribution in [2.24, 2.45) is 0 Å². The molecule has 0 unspecified atom stereocenters. The Morgan fingerprint density at radius 3 is 2.53 bits per heavy atom. The Bertz CT molecular complexity index is 510. The molecular weight excluding hydrogens is 260 g/mol. The molecule has 0 aliphatic carbocycles. The van der Waals surface area contributed by atoms with Crippen molar-refractivity contribution >= 4 is 10.0 Å². The third kappa shape index (κ3) is 4.60. The lowest BCUT2D eigenvalue weighted by atomic mass is 10.1. The molecule has 0 spiro atoms. The largest absolute Gasteiger partial charge is 0.310 e. The van der Waals surface area contributed by atoms with Gasteiger partial charge in [0.2, 0.25) is 10.0 Å². The molecule has 0 atom stereocenters. The van der Waals surface area contributed by atoms with Gasteiger partial charge in [-0.05, 0) is 30.5 Å². The van der Waals surface area contributed by atoms with E-state index in [4.69, 9.17) is 0 Å². The van der Waals surface area contributed by atoms with Gasteiger partial charge in [-0.3, -0.25) is 0 Å². The molecule has 108 valence electrons. The highest BCUT2D eigenvalue weighted by Gasteiger charge is 2.17. The number of sulfonamides is 1. The van der Waals surface area contributed by atoms with Crippen LogP contribution in [0.15, 0.2) is 23.1 Å². The van der Waals surface area contributed by atoms with Gasteiger partial charge in [-0.25, -0.2) is 13.1 Å². The van der Waals surface area contributed by atoms with Crippen molar-refractivity contribution in [3.63, 3.8) is 0 Å². The third-order valence-corrected chi connectivity index (χ3v) is 4.53. The van der Waals surface area contributed by atoms with Gasteiger partial charge in [-0.15, -0.1) is 0 Å². The minimum absolute atomic E-state index is 0.373. The van der Waals surface area contributed by atoms with E-state index in [1.54, 1.807) is 12.1 Å². The van der Waals surface area contributed by atoms with Crippen molar-refractivity contribution in [1.82, 2.24) is 10.0 Å². The topological polar surface area (TPSA) is 58.2 Å². The molecule has 0 heterocycles. The Morgan fingerprint density at radius 2 is 1.95 bits per heavy atom. The summed E-state index contributed by atoms with van der Waals surface area (Å²) in [5.74, 6) is 0. The number of hydrogen-bond donors (Lipinski definition) is 2. The summed E-state index contributed by atoms with van der Waals surface area (Å²) in [5, 5.41) is 3.31. The average molecular weight is 284 g/mol. The molecule has 1 aromatic carbocycles. The van der Waals surface area contributed by atoms with Gasteiger partial charge in [0.05, 0.1) is 4.90 Å². The first-order valence-corrected chi connectivity index (χ1v) is 8.18. The molecule has 4 nitrogen and oxygen atoms in total. The monoisotopic (exact) mass is 284 g/mol. The van der Waals surface area contributed by atoms with E-state index in [9.17, 15) is 8.42 Å². The maximum atomic E-state index is 12.2. The zero-order valence-corrected chi connectivity index (χ0v) is 13.0. The zero-order chi connectivity index (χ0) is 14.5.